The summed E-state index contributed by atoms with van der Waals surface area (Å²) >= 11 is 3.71. The van der Waals surface area contributed by atoms with Gasteiger partial charge in [0, 0.05) is 30.3 Å². The molecule has 6 atom stereocenters. The van der Waals surface area contributed by atoms with Crippen molar-refractivity contribution in [1.29, 1.82) is 0 Å². The number of carbonyl (C=O) groups is 4. The van der Waals surface area contributed by atoms with Crippen molar-refractivity contribution in [3.8, 4) is 5.75 Å². The first kappa shape index (κ1) is 35.9. The number of cyclic esters (lactones) is 1. The molecule has 0 fully saturated rings. The van der Waals surface area contributed by atoms with Crippen molar-refractivity contribution in [2.24, 2.45) is 11.8 Å². The second-order valence-corrected chi connectivity index (χ2v) is 14.1. The molecule has 10 heteroatoms. The summed E-state index contributed by atoms with van der Waals surface area (Å²) in [5, 5.41) is 15.8. The number of likely N-dealkylation sites (N-methyl/N-ethyl adjacent to an activating group) is 1. The van der Waals surface area contributed by atoms with Crippen LogP contribution in [-0.2, 0) is 30.3 Å². The standard InChI is InChI=1S/C37H46BrN3O6/c1-21-15-22(2)17-24(4)47-34(43)20-32(26-11-13-28(42)14-12-26)40-36(45)33(19-30-29-10-8-7-9-27(29)18-31(30)38)41(6)37(46)25(5)39-35(44)23(3)16-21/h7-15,22-25,32-33,42H,16-20H2,1-6H3,(H,39,44)(H,40,45)/b21-15+. The highest BCUT2D eigenvalue weighted by molar-refractivity contribution is 9.11. The van der Waals surface area contributed by atoms with Crippen LogP contribution in [0.4, 0.5) is 0 Å². The van der Waals surface area contributed by atoms with E-state index in [2.05, 4.69) is 32.6 Å². The Kier molecular flexibility index (Phi) is 12.1. The van der Waals surface area contributed by atoms with Crippen LogP contribution in [0.3, 0.4) is 0 Å². The van der Waals surface area contributed by atoms with Gasteiger partial charge in [0.15, 0.2) is 0 Å². The Labute approximate surface area is 286 Å². The number of ether oxygens (including phenoxy) is 1. The number of rotatable bonds is 3. The normalized spacial score (nSPS) is 28.2. The van der Waals surface area contributed by atoms with Gasteiger partial charge in [-0.1, -0.05) is 77.8 Å². The van der Waals surface area contributed by atoms with Gasteiger partial charge < -0.3 is 25.4 Å². The number of phenols is 1. The Morgan fingerprint density at radius 1 is 0.936 bits per heavy atom. The fourth-order valence-corrected chi connectivity index (χ4v) is 7.20. The first-order valence-corrected chi connectivity index (χ1v) is 17.0. The number of fused-ring (bicyclic) bond motifs is 1. The molecule has 0 aromatic heterocycles. The molecule has 6 unspecified atom stereocenters. The number of hydrogen-bond acceptors (Lipinski definition) is 6. The first-order valence-electron chi connectivity index (χ1n) is 16.2. The third kappa shape index (κ3) is 9.34. The summed E-state index contributed by atoms with van der Waals surface area (Å²) in [6.45, 7) is 9.30. The number of phenolic OH excluding ortho intramolecular Hbond substituents is 1. The summed E-state index contributed by atoms with van der Waals surface area (Å²) < 4.78 is 6.73. The molecule has 47 heavy (non-hydrogen) atoms. The maximum Gasteiger partial charge on any atom is 0.308 e. The van der Waals surface area contributed by atoms with E-state index in [0.717, 1.165) is 26.8 Å². The summed E-state index contributed by atoms with van der Waals surface area (Å²) in [4.78, 5) is 56.0. The Bertz CT molecular complexity index is 1550. The van der Waals surface area contributed by atoms with Gasteiger partial charge in [-0.2, -0.15) is 0 Å². The number of carbonyl (C=O) groups excluding carboxylic acids is 4. The maximum absolute atomic E-state index is 14.3. The summed E-state index contributed by atoms with van der Waals surface area (Å²) in [5.41, 5.74) is 4.67. The van der Waals surface area contributed by atoms with Crippen LogP contribution in [0.25, 0.3) is 5.57 Å². The lowest BCUT2D eigenvalue weighted by molar-refractivity contribution is -0.149. The van der Waals surface area contributed by atoms with Crippen LogP contribution in [0, 0.1) is 11.8 Å². The number of esters is 1. The lowest BCUT2D eigenvalue weighted by atomic mass is 9.95. The molecule has 0 spiro atoms. The lowest BCUT2D eigenvalue weighted by Crippen LogP contribution is -2.54. The highest BCUT2D eigenvalue weighted by atomic mass is 79.9. The summed E-state index contributed by atoms with van der Waals surface area (Å²) in [5.74, 6) is -1.84. The van der Waals surface area contributed by atoms with E-state index in [-0.39, 0.29) is 42.4 Å². The molecule has 252 valence electrons. The van der Waals surface area contributed by atoms with E-state index in [1.165, 1.54) is 17.0 Å². The summed E-state index contributed by atoms with van der Waals surface area (Å²) in [6.07, 6.45) is 3.54. The molecule has 1 aliphatic carbocycles. The molecule has 1 aliphatic heterocycles. The van der Waals surface area contributed by atoms with Crippen molar-refractivity contribution in [3.05, 3.63) is 81.4 Å². The second-order valence-electron chi connectivity index (χ2n) is 13.1. The van der Waals surface area contributed by atoms with E-state index in [4.69, 9.17) is 4.74 Å². The van der Waals surface area contributed by atoms with Gasteiger partial charge in [0.05, 0.1) is 18.6 Å². The van der Waals surface area contributed by atoms with Crippen molar-refractivity contribution in [2.45, 2.75) is 91.0 Å². The van der Waals surface area contributed by atoms with Gasteiger partial charge in [0.2, 0.25) is 17.7 Å². The van der Waals surface area contributed by atoms with Crippen LogP contribution < -0.4 is 10.6 Å². The third-order valence-electron chi connectivity index (χ3n) is 8.92. The molecular formula is C37H46BrN3O6. The Morgan fingerprint density at radius 3 is 2.32 bits per heavy atom. The predicted molar refractivity (Wildman–Crippen MR) is 185 cm³/mol. The van der Waals surface area contributed by atoms with E-state index in [1.54, 1.807) is 26.1 Å². The molecule has 0 radical (unpaired) electrons. The topological polar surface area (TPSA) is 125 Å². The Morgan fingerprint density at radius 2 is 1.62 bits per heavy atom. The van der Waals surface area contributed by atoms with Crippen molar-refractivity contribution >= 4 is 45.2 Å². The summed E-state index contributed by atoms with van der Waals surface area (Å²) in [7, 11) is 1.57. The van der Waals surface area contributed by atoms with Gasteiger partial charge in [-0.25, -0.2) is 0 Å². The van der Waals surface area contributed by atoms with Gasteiger partial charge in [-0.05, 0) is 73.9 Å². The molecular weight excluding hydrogens is 662 g/mol. The molecule has 0 saturated carbocycles. The number of aromatic hydroxyl groups is 1. The van der Waals surface area contributed by atoms with Gasteiger partial charge in [0.25, 0.3) is 0 Å². The fourth-order valence-electron chi connectivity index (χ4n) is 6.52. The highest BCUT2D eigenvalue weighted by Crippen LogP contribution is 2.39. The second kappa shape index (κ2) is 15.8. The molecule has 0 bridgehead atoms. The van der Waals surface area contributed by atoms with Gasteiger partial charge in [-0.15, -0.1) is 0 Å². The highest BCUT2D eigenvalue weighted by Gasteiger charge is 2.35. The van der Waals surface area contributed by atoms with Gasteiger partial charge >= 0.3 is 5.97 Å². The van der Waals surface area contributed by atoms with Crippen LogP contribution in [-0.4, -0.2) is 58.9 Å². The molecule has 2 aliphatic rings. The number of allylic oxidation sites excluding steroid dienone is 3. The van der Waals surface area contributed by atoms with Crippen LogP contribution >= 0.6 is 15.9 Å². The smallest absolute Gasteiger partial charge is 0.308 e. The van der Waals surface area contributed by atoms with Gasteiger partial charge in [-0.3, -0.25) is 19.2 Å². The maximum atomic E-state index is 14.3. The number of halogens is 1. The van der Waals surface area contributed by atoms with Crippen molar-refractivity contribution < 1.29 is 29.0 Å². The van der Waals surface area contributed by atoms with Crippen LogP contribution in [0.5, 0.6) is 5.75 Å². The zero-order valence-electron chi connectivity index (χ0n) is 28.0. The minimum Gasteiger partial charge on any atom is -0.508 e. The van der Waals surface area contributed by atoms with Crippen molar-refractivity contribution in [3.63, 3.8) is 0 Å². The minimum atomic E-state index is -0.976. The van der Waals surface area contributed by atoms with E-state index < -0.39 is 35.9 Å². The molecule has 9 nitrogen and oxygen atoms in total. The molecule has 0 saturated heterocycles. The Balaban J connectivity index is 1.72. The first-order chi connectivity index (χ1) is 22.2. The number of benzene rings is 2. The molecule has 3 amide bonds. The minimum absolute atomic E-state index is 0.0509. The molecule has 3 N–H and O–H groups in total. The van der Waals surface area contributed by atoms with E-state index in [1.807, 2.05) is 52.0 Å². The monoisotopic (exact) mass is 707 g/mol. The zero-order valence-corrected chi connectivity index (χ0v) is 29.6. The average molecular weight is 709 g/mol. The third-order valence-corrected chi connectivity index (χ3v) is 9.68. The fraction of sp³-hybridized carbons (Fsp3) is 0.459. The summed E-state index contributed by atoms with van der Waals surface area (Å²) in [6, 6.07) is 11.6. The molecule has 4 rings (SSSR count). The zero-order chi connectivity index (χ0) is 34.4. The number of nitrogens with zero attached hydrogens (tertiary/aromatic N) is 1. The predicted octanol–water partition coefficient (Wildman–Crippen LogP) is 5.97. The van der Waals surface area contributed by atoms with Crippen LogP contribution in [0.15, 0.2) is 64.7 Å². The molecule has 2 aromatic carbocycles. The van der Waals surface area contributed by atoms with Crippen molar-refractivity contribution in [2.75, 3.05) is 7.05 Å². The van der Waals surface area contributed by atoms with Crippen molar-refractivity contribution in [1.82, 2.24) is 15.5 Å². The van der Waals surface area contributed by atoms with E-state index >= 15 is 0 Å². The molecule has 1 heterocycles. The average Bonchev–Trinajstić information content (AvgIpc) is 3.32. The quantitative estimate of drug-likeness (QED) is 0.267. The van der Waals surface area contributed by atoms with Gasteiger partial charge in [0.1, 0.15) is 17.8 Å². The molecule has 2 aromatic rings. The number of nitrogens with one attached hydrogen (secondary N) is 2. The van der Waals surface area contributed by atoms with Crippen LogP contribution in [0.2, 0.25) is 0 Å². The number of hydrogen-bond donors (Lipinski definition) is 3. The van der Waals surface area contributed by atoms with Crippen LogP contribution in [0.1, 0.15) is 83.0 Å². The SMILES string of the molecule is C/C1=C\C(C)CC(C)OC(=O)CC(c2ccc(O)cc2)NC(=O)C(CC2=C(Br)Cc3ccccc32)N(C)C(=O)C(C)NC(=O)C(C)C1. The van der Waals surface area contributed by atoms with E-state index in [0.29, 0.717) is 24.8 Å². The lowest BCUT2D eigenvalue weighted by Gasteiger charge is -2.32. The van der Waals surface area contributed by atoms with E-state index in [9.17, 15) is 24.3 Å². The largest absolute Gasteiger partial charge is 0.508 e. The number of amides is 3. The Hall–Kier alpha value is -3.92.